The minimum Gasteiger partial charge on any atom is -0.462 e. The number of rotatable bonds is 42. The predicted molar refractivity (Wildman–Crippen MR) is 238 cm³/mol. The van der Waals surface area contributed by atoms with E-state index in [1.807, 2.05) is 0 Å². The molecular formula is C49H92O10. The molecule has 1 heterocycles. The highest BCUT2D eigenvalue weighted by Crippen LogP contribution is 2.23. The van der Waals surface area contributed by atoms with Gasteiger partial charge in [-0.05, 0) is 38.5 Å². The number of unbranched alkanes of at least 4 members (excludes halogenated alkanes) is 29. The highest BCUT2D eigenvalue weighted by molar-refractivity contribution is 5.70. The van der Waals surface area contributed by atoms with Gasteiger partial charge in [0, 0.05) is 12.8 Å². The minimum absolute atomic E-state index is 0.215. The fourth-order valence-corrected chi connectivity index (χ4v) is 7.71. The van der Waals surface area contributed by atoms with Crippen LogP contribution in [-0.4, -0.2) is 89.0 Å². The molecule has 1 aliphatic heterocycles. The van der Waals surface area contributed by atoms with Gasteiger partial charge in [0.05, 0.1) is 13.2 Å². The second-order valence-electron chi connectivity index (χ2n) is 17.3. The molecule has 0 aliphatic carbocycles. The Balaban J connectivity index is 2.24. The van der Waals surface area contributed by atoms with Crippen LogP contribution in [0.1, 0.15) is 232 Å². The monoisotopic (exact) mass is 841 g/mol. The van der Waals surface area contributed by atoms with E-state index in [2.05, 4.69) is 26.0 Å². The lowest BCUT2D eigenvalue weighted by Gasteiger charge is -2.39. The second kappa shape index (κ2) is 40.5. The molecule has 6 atom stereocenters. The van der Waals surface area contributed by atoms with Gasteiger partial charge in [0.25, 0.3) is 0 Å². The van der Waals surface area contributed by atoms with Gasteiger partial charge in [-0.15, -0.1) is 0 Å². The lowest BCUT2D eigenvalue weighted by molar-refractivity contribution is -0.305. The minimum atomic E-state index is -1.59. The molecule has 1 fully saturated rings. The van der Waals surface area contributed by atoms with Crippen LogP contribution >= 0.6 is 0 Å². The molecule has 0 spiro atoms. The van der Waals surface area contributed by atoms with Crippen LogP contribution in [0.2, 0.25) is 0 Å². The Morgan fingerprint density at radius 3 is 1.34 bits per heavy atom. The van der Waals surface area contributed by atoms with Gasteiger partial charge in [-0.25, -0.2) is 0 Å². The molecule has 6 unspecified atom stereocenters. The van der Waals surface area contributed by atoms with E-state index in [0.717, 1.165) is 57.8 Å². The molecule has 0 bridgehead atoms. The summed E-state index contributed by atoms with van der Waals surface area (Å²) in [5.41, 5.74) is 0. The fourth-order valence-electron chi connectivity index (χ4n) is 7.71. The van der Waals surface area contributed by atoms with Crippen molar-refractivity contribution in [1.29, 1.82) is 0 Å². The van der Waals surface area contributed by atoms with E-state index in [1.165, 1.54) is 141 Å². The molecule has 1 aliphatic rings. The lowest BCUT2D eigenvalue weighted by atomic mass is 9.99. The van der Waals surface area contributed by atoms with E-state index in [1.54, 1.807) is 0 Å². The molecule has 0 aromatic heterocycles. The van der Waals surface area contributed by atoms with E-state index in [9.17, 15) is 30.0 Å². The van der Waals surface area contributed by atoms with Gasteiger partial charge in [-0.2, -0.15) is 0 Å². The molecule has 348 valence electrons. The zero-order chi connectivity index (χ0) is 43.0. The number of hydrogen-bond acceptors (Lipinski definition) is 10. The van der Waals surface area contributed by atoms with Gasteiger partial charge in [-0.1, -0.05) is 193 Å². The first-order valence-corrected chi connectivity index (χ1v) is 24.8. The molecule has 4 N–H and O–H groups in total. The fraction of sp³-hybridized carbons (Fsp3) is 0.918. The van der Waals surface area contributed by atoms with Crippen LogP contribution < -0.4 is 0 Å². The standard InChI is InChI=1S/C49H92O10/c1-3-5-7-9-11-13-15-17-18-19-20-21-22-23-24-26-27-29-31-33-35-37-44(51)56-40-42(41-57-49-48(55)47(54)46(53)43(39-50)59-49)58-45(52)38-36-34-32-30-28-25-16-14-12-10-8-6-4-2/h14,16,42-43,46-50,53-55H,3-13,15,17-41H2,1-2H3/b16-14-. The molecule has 0 saturated carbocycles. The van der Waals surface area contributed by atoms with Gasteiger partial charge in [0.15, 0.2) is 12.4 Å². The van der Waals surface area contributed by atoms with Crippen LogP contribution in [0, 0.1) is 0 Å². The van der Waals surface area contributed by atoms with E-state index >= 15 is 0 Å². The average molecular weight is 841 g/mol. The van der Waals surface area contributed by atoms with Crippen molar-refractivity contribution in [3.63, 3.8) is 0 Å². The number of esters is 2. The van der Waals surface area contributed by atoms with Gasteiger partial charge >= 0.3 is 11.9 Å². The maximum Gasteiger partial charge on any atom is 0.306 e. The quantitative estimate of drug-likeness (QED) is 0.0265. The lowest BCUT2D eigenvalue weighted by Crippen LogP contribution is -2.59. The molecule has 59 heavy (non-hydrogen) atoms. The smallest absolute Gasteiger partial charge is 0.306 e. The van der Waals surface area contributed by atoms with Crippen molar-refractivity contribution in [3.05, 3.63) is 12.2 Å². The van der Waals surface area contributed by atoms with E-state index in [0.29, 0.717) is 6.42 Å². The Kier molecular flexibility index (Phi) is 38.1. The van der Waals surface area contributed by atoms with Crippen molar-refractivity contribution >= 4 is 11.9 Å². The van der Waals surface area contributed by atoms with Crippen LogP contribution in [-0.2, 0) is 28.5 Å². The summed E-state index contributed by atoms with van der Waals surface area (Å²) in [5, 5.41) is 40.1. The predicted octanol–water partition coefficient (Wildman–Crippen LogP) is 11.1. The summed E-state index contributed by atoms with van der Waals surface area (Å²) in [4.78, 5) is 25.4. The number of carbonyl (C=O) groups is 2. The van der Waals surface area contributed by atoms with Crippen molar-refractivity contribution in [3.8, 4) is 0 Å². The van der Waals surface area contributed by atoms with Crippen LogP contribution in [0.4, 0.5) is 0 Å². The van der Waals surface area contributed by atoms with Gasteiger partial charge in [0.1, 0.15) is 31.0 Å². The third-order valence-electron chi connectivity index (χ3n) is 11.7. The Morgan fingerprint density at radius 1 is 0.508 bits per heavy atom. The van der Waals surface area contributed by atoms with Crippen LogP contribution in [0.3, 0.4) is 0 Å². The van der Waals surface area contributed by atoms with E-state index < -0.39 is 49.4 Å². The molecule has 1 rings (SSSR count). The summed E-state index contributed by atoms with van der Waals surface area (Å²) >= 11 is 0. The first kappa shape index (κ1) is 55.5. The Labute approximate surface area is 361 Å². The van der Waals surface area contributed by atoms with Crippen molar-refractivity contribution < 1.29 is 49.0 Å². The molecule has 10 nitrogen and oxygen atoms in total. The van der Waals surface area contributed by atoms with Crippen molar-refractivity contribution in [2.45, 2.75) is 269 Å². The first-order chi connectivity index (χ1) is 28.8. The zero-order valence-electron chi connectivity index (χ0n) is 38.0. The second-order valence-corrected chi connectivity index (χ2v) is 17.3. The molecule has 0 aromatic carbocycles. The number of hydrogen-bond donors (Lipinski definition) is 4. The van der Waals surface area contributed by atoms with Crippen molar-refractivity contribution in [2.75, 3.05) is 19.8 Å². The number of carbonyl (C=O) groups excluding carboxylic acids is 2. The normalized spacial score (nSPS) is 20.0. The molecule has 0 aromatic rings. The number of aliphatic hydroxyl groups excluding tert-OH is 4. The maximum atomic E-state index is 12.8. The van der Waals surface area contributed by atoms with Crippen LogP contribution in [0.5, 0.6) is 0 Å². The Hall–Kier alpha value is -1.56. The molecule has 0 amide bonds. The Morgan fingerprint density at radius 2 is 0.898 bits per heavy atom. The largest absolute Gasteiger partial charge is 0.462 e. The number of allylic oxidation sites excluding steroid dienone is 2. The molecular weight excluding hydrogens is 749 g/mol. The van der Waals surface area contributed by atoms with Crippen LogP contribution in [0.25, 0.3) is 0 Å². The zero-order valence-corrected chi connectivity index (χ0v) is 38.0. The summed E-state index contributed by atoms with van der Waals surface area (Å²) in [7, 11) is 0. The third-order valence-corrected chi connectivity index (χ3v) is 11.7. The summed E-state index contributed by atoms with van der Waals surface area (Å²) in [6.07, 6.45) is 36.5. The van der Waals surface area contributed by atoms with Crippen LogP contribution in [0.15, 0.2) is 12.2 Å². The highest BCUT2D eigenvalue weighted by Gasteiger charge is 2.44. The summed E-state index contributed by atoms with van der Waals surface area (Å²) in [6.45, 7) is 3.43. The number of ether oxygens (including phenoxy) is 4. The highest BCUT2D eigenvalue weighted by atomic mass is 16.7. The van der Waals surface area contributed by atoms with E-state index in [-0.39, 0.29) is 32.0 Å². The SMILES string of the molecule is CCCCCC/C=C\CCCCCCCC(=O)OC(COC(=O)CCCCCCCCCCCCCCCCCCCCCCC)COC1OC(CO)C(O)C(O)C1O. The average Bonchev–Trinajstić information content (AvgIpc) is 3.23. The Bertz CT molecular complexity index is 974. The van der Waals surface area contributed by atoms with E-state index in [4.69, 9.17) is 18.9 Å². The topological polar surface area (TPSA) is 152 Å². The summed E-state index contributed by atoms with van der Waals surface area (Å²) in [6, 6.07) is 0. The van der Waals surface area contributed by atoms with Gasteiger partial charge in [0.2, 0.25) is 0 Å². The van der Waals surface area contributed by atoms with Crippen molar-refractivity contribution in [2.24, 2.45) is 0 Å². The molecule has 10 heteroatoms. The summed E-state index contributed by atoms with van der Waals surface area (Å²) in [5.74, 6) is -0.804. The first-order valence-electron chi connectivity index (χ1n) is 24.8. The molecule has 0 radical (unpaired) electrons. The van der Waals surface area contributed by atoms with Gasteiger partial charge < -0.3 is 39.4 Å². The molecule has 1 saturated heterocycles. The number of aliphatic hydroxyl groups is 4. The van der Waals surface area contributed by atoms with Crippen molar-refractivity contribution in [1.82, 2.24) is 0 Å². The maximum absolute atomic E-state index is 12.8. The third kappa shape index (κ3) is 31.9. The summed E-state index contributed by atoms with van der Waals surface area (Å²) < 4.78 is 22.2. The van der Waals surface area contributed by atoms with Gasteiger partial charge in [-0.3, -0.25) is 9.59 Å².